The Kier molecular flexibility index (Phi) is 6.32. The van der Waals surface area contributed by atoms with E-state index in [4.69, 9.17) is 33.5 Å². The Morgan fingerprint density at radius 2 is 2.04 bits per heavy atom. The summed E-state index contributed by atoms with van der Waals surface area (Å²) in [6, 6.07) is 4.41. The van der Waals surface area contributed by atoms with Crippen molar-refractivity contribution in [3.05, 3.63) is 45.5 Å². The molecule has 136 valence electrons. The van der Waals surface area contributed by atoms with E-state index in [0.717, 1.165) is 25.7 Å². The molecule has 3 rings (SSSR count). The zero-order valence-corrected chi connectivity index (χ0v) is 15.9. The summed E-state index contributed by atoms with van der Waals surface area (Å²) in [5, 5.41) is 7.30. The Labute approximate surface area is 161 Å². The highest BCUT2D eigenvalue weighted by atomic mass is 35.5. The summed E-state index contributed by atoms with van der Waals surface area (Å²) in [5.41, 5.74) is 6.09. The number of nitrogens with two attached hydrogens (primary N) is 1. The molecule has 1 saturated carbocycles. The molecule has 1 unspecified atom stereocenters. The van der Waals surface area contributed by atoms with Gasteiger partial charge in [0.05, 0.1) is 21.1 Å². The minimum Gasteiger partial charge on any atom is -0.340 e. The molecule has 1 aromatic carbocycles. The molecule has 0 saturated heterocycles. The van der Waals surface area contributed by atoms with Gasteiger partial charge in [-0.3, -0.25) is 4.79 Å². The first-order valence-corrected chi connectivity index (χ1v) is 8.54. The van der Waals surface area contributed by atoms with E-state index in [1.807, 2.05) is 0 Å². The van der Waals surface area contributed by atoms with Crippen LogP contribution in [0.5, 0.6) is 0 Å². The molecule has 1 aliphatic carbocycles. The van der Waals surface area contributed by atoms with Gasteiger partial charge < -0.3 is 15.6 Å². The summed E-state index contributed by atoms with van der Waals surface area (Å²) in [4.78, 5) is 16.7. The predicted molar refractivity (Wildman–Crippen MR) is 98.2 cm³/mol. The first-order chi connectivity index (χ1) is 11.4. The second kappa shape index (κ2) is 7.91. The first-order valence-electron chi connectivity index (χ1n) is 7.78. The van der Waals surface area contributed by atoms with Gasteiger partial charge in [0.1, 0.15) is 6.04 Å². The molecule has 25 heavy (non-hydrogen) atoms. The van der Waals surface area contributed by atoms with Crippen LogP contribution in [0.1, 0.15) is 60.7 Å². The van der Waals surface area contributed by atoms with Gasteiger partial charge in [-0.25, -0.2) is 0 Å². The van der Waals surface area contributed by atoms with E-state index in [9.17, 15) is 4.79 Å². The van der Waals surface area contributed by atoms with Gasteiger partial charge in [0.25, 0.3) is 5.91 Å². The Hall–Kier alpha value is -1.34. The quantitative estimate of drug-likeness (QED) is 0.801. The van der Waals surface area contributed by atoms with Crippen LogP contribution in [0.2, 0.25) is 10.0 Å². The van der Waals surface area contributed by atoms with Crippen molar-refractivity contribution in [2.24, 2.45) is 5.73 Å². The van der Waals surface area contributed by atoms with Crippen LogP contribution in [-0.2, 0) is 5.54 Å². The van der Waals surface area contributed by atoms with Crippen LogP contribution >= 0.6 is 35.6 Å². The Balaban J connectivity index is 0.00000225. The van der Waals surface area contributed by atoms with Crippen LogP contribution in [0.25, 0.3) is 0 Å². The van der Waals surface area contributed by atoms with Gasteiger partial charge in [-0.1, -0.05) is 47.3 Å². The molecule has 2 aromatic rings. The lowest BCUT2D eigenvalue weighted by Crippen LogP contribution is -2.34. The van der Waals surface area contributed by atoms with E-state index in [1.54, 1.807) is 25.1 Å². The summed E-state index contributed by atoms with van der Waals surface area (Å²) in [7, 11) is 0. The Bertz CT molecular complexity index is 760. The van der Waals surface area contributed by atoms with E-state index in [1.165, 1.54) is 0 Å². The topological polar surface area (TPSA) is 94.0 Å². The molecule has 3 N–H and O–H groups in total. The van der Waals surface area contributed by atoms with Gasteiger partial charge in [0.15, 0.2) is 5.82 Å². The molecular weight excluding hydrogens is 387 g/mol. The van der Waals surface area contributed by atoms with E-state index in [0.29, 0.717) is 22.3 Å². The predicted octanol–water partition coefficient (Wildman–Crippen LogP) is 4.02. The van der Waals surface area contributed by atoms with Crippen molar-refractivity contribution in [1.29, 1.82) is 0 Å². The van der Waals surface area contributed by atoms with Crippen molar-refractivity contribution in [2.75, 3.05) is 0 Å². The maximum Gasteiger partial charge on any atom is 0.253 e. The smallest absolute Gasteiger partial charge is 0.253 e. The van der Waals surface area contributed by atoms with Crippen molar-refractivity contribution >= 4 is 41.5 Å². The average molecular weight is 406 g/mol. The molecule has 1 amide bonds. The molecule has 0 radical (unpaired) electrons. The van der Waals surface area contributed by atoms with Crippen molar-refractivity contribution in [3.8, 4) is 0 Å². The third-order valence-electron chi connectivity index (χ3n) is 4.30. The monoisotopic (exact) mass is 404 g/mol. The summed E-state index contributed by atoms with van der Waals surface area (Å²) in [5.74, 6) is 0.447. The fourth-order valence-electron chi connectivity index (χ4n) is 2.86. The molecule has 0 bridgehead atoms. The highest BCUT2D eigenvalue weighted by molar-refractivity contribution is 6.43. The van der Waals surface area contributed by atoms with E-state index >= 15 is 0 Å². The summed E-state index contributed by atoms with van der Waals surface area (Å²) < 4.78 is 5.28. The third kappa shape index (κ3) is 4.08. The lowest BCUT2D eigenvalue weighted by molar-refractivity contribution is 0.0932. The molecule has 1 fully saturated rings. The first kappa shape index (κ1) is 20.0. The van der Waals surface area contributed by atoms with Gasteiger partial charge in [-0.15, -0.1) is 12.4 Å². The minimum absolute atomic E-state index is 0. The Morgan fingerprint density at radius 1 is 1.36 bits per heavy atom. The van der Waals surface area contributed by atoms with Gasteiger partial charge in [0.2, 0.25) is 5.89 Å². The number of aromatic nitrogens is 2. The highest BCUT2D eigenvalue weighted by Gasteiger charge is 2.36. The van der Waals surface area contributed by atoms with Crippen LogP contribution in [-0.4, -0.2) is 16.0 Å². The number of carbonyl (C=O) groups is 1. The van der Waals surface area contributed by atoms with E-state index in [2.05, 4.69) is 15.5 Å². The number of halogens is 3. The maximum absolute atomic E-state index is 12.4. The van der Waals surface area contributed by atoms with E-state index in [-0.39, 0.29) is 23.3 Å². The standard InChI is InChI=1S/C16H18Cl2N4O2.ClH/c1-9(20-13(23)10-5-4-6-11(17)12(10)18)14-21-15(22-24-14)16(19)7-2-3-8-16;/h4-6,9H,2-3,7-8,19H2,1H3,(H,20,23);1H. The number of nitrogens with zero attached hydrogens (tertiary/aromatic N) is 2. The van der Waals surface area contributed by atoms with Crippen LogP contribution in [0.15, 0.2) is 22.7 Å². The maximum atomic E-state index is 12.4. The van der Waals surface area contributed by atoms with Gasteiger partial charge in [-0.2, -0.15) is 4.98 Å². The Morgan fingerprint density at radius 3 is 2.72 bits per heavy atom. The lowest BCUT2D eigenvalue weighted by Gasteiger charge is -2.17. The van der Waals surface area contributed by atoms with Crippen LogP contribution in [0.4, 0.5) is 0 Å². The molecule has 9 heteroatoms. The number of hydrogen-bond donors (Lipinski definition) is 2. The number of rotatable bonds is 4. The van der Waals surface area contributed by atoms with Crippen LogP contribution in [0.3, 0.4) is 0 Å². The number of amides is 1. The van der Waals surface area contributed by atoms with Crippen molar-refractivity contribution in [2.45, 2.75) is 44.2 Å². The SMILES string of the molecule is CC(NC(=O)c1cccc(Cl)c1Cl)c1nc(C2(N)CCCC2)no1.Cl. The zero-order chi connectivity index (χ0) is 17.3. The molecule has 1 aromatic heterocycles. The largest absolute Gasteiger partial charge is 0.340 e. The molecule has 6 nitrogen and oxygen atoms in total. The lowest BCUT2D eigenvalue weighted by atomic mass is 9.99. The fraction of sp³-hybridized carbons (Fsp3) is 0.438. The summed E-state index contributed by atoms with van der Waals surface area (Å²) in [6.07, 6.45) is 3.79. The molecule has 0 aliphatic heterocycles. The zero-order valence-electron chi connectivity index (χ0n) is 13.6. The normalized spacial score (nSPS) is 17.0. The minimum atomic E-state index is -0.526. The van der Waals surface area contributed by atoms with Gasteiger partial charge >= 0.3 is 0 Å². The molecule has 1 aliphatic rings. The average Bonchev–Trinajstić information content (AvgIpc) is 3.19. The third-order valence-corrected chi connectivity index (χ3v) is 5.12. The fourth-order valence-corrected chi connectivity index (χ4v) is 3.24. The number of carbonyl (C=O) groups excluding carboxylic acids is 1. The highest BCUT2D eigenvalue weighted by Crippen LogP contribution is 2.35. The number of nitrogens with one attached hydrogen (secondary N) is 1. The van der Waals surface area contributed by atoms with Crippen LogP contribution in [0, 0.1) is 0 Å². The van der Waals surface area contributed by atoms with Crippen molar-refractivity contribution in [3.63, 3.8) is 0 Å². The second-order valence-corrected chi connectivity index (χ2v) is 6.90. The van der Waals surface area contributed by atoms with Crippen molar-refractivity contribution in [1.82, 2.24) is 15.5 Å². The molecular formula is C16H19Cl3N4O2. The van der Waals surface area contributed by atoms with Crippen molar-refractivity contribution < 1.29 is 9.32 Å². The summed E-state index contributed by atoms with van der Waals surface area (Å²) in [6.45, 7) is 1.76. The van der Waals surface area contributed by atoms with Gasteiger partial charge in [0, 0.05) is 0 Å². The molecule has 1 atom stereocenters. The number of benzene rings is 1. The molecule has 1 heterocycles. The molecule has 0 spiro atoms. The summed E-state index contributed by atoms with van der Waals surface area (Å²) >= 11 is 12.0. The second-order valence-electron chi connectivity index (χ2n) is 6.12. The van der Waals surface area contributed by atoms with Crippen LogP contribution < -0.4 is 11.1 Å². The van der Waals surface area contributed by atoms with Gasteiger partial charge in [-0.05, 0) is 31.9 Å². The number of hydrogen-bond acceptors (Lipinski definition) is 5. The van der Waals surface area contributed by atoms with E-state index < -0.39 is 11.6 Å².